The van der Waals surface area contributed by atoms with Crippen LogP contribution in [0.5, 0.6) is 0 Å². The minimum atomic E-state index is 0.392. The lowest BCUT2D eigenvalue weighted by Gasteiger charge is -2.32. The monoisotopic (exact) mass is 171 g/mol. The van der Waals surface area contributed by atoms with Crippen LogP contribution in [0, 0.1) is 5.92 Å². The van der Waals surface area contributed by atoms with Gasteiger partial charge in [-0.05, 0) is 31.6 Å². The molecule has 1 aliphatic heterocycles. The molecule has 1 rings (SSSR count). The Morgan fingerprint density at radius 2 is 2.25 bits per heavy atom. The summed E-state index contributed by atoms with van der Waals surface area (Å²) in [5.41, 5.74) is 6.01. The zero-order valence-corrected chi connectivity index (χ0v) is 8.25. The third kappa shape index (κ3) is 2.46. The minimum absolute atomic E-state index is 0.392. The summed E-state index contributed by atoms with van der Waals surface area (Å²) in [5.74, 6) is 0.702. The Kier molecular flexibility index (Phi) is 4.02. The van der Waals surface area contributed by atoms with Crippen LogP contribution in [0.4, 0.5) is 0 Å². The Hall–Kier alpha value is -0.0800. The number of hydrogen-bond acceptors (Lipinski definition) is 2. The topological polar surface area (TPSA) is 35.2 Å². The van der Waals surface area contributed by atoms with Crippen molar-refractivity contribution >= 4 is 0 Å². The van der Waals surface area contributed by atoms with E-state index in [1.54, 1.807) is 0 Å². The standard InChI is InChI=1S/C10H21NO/c1-3-9-7-8(5-6-12-9)10(11)4-2/h8-10H,3-7,11H2,1-2H3. The van der Waals surface area contributed by atoms with E-state index >= 15 is 0 Å². The molecular formula is C10H21NO. The zero-order chi connectivity index (χ0) is 8.97. The van der Waals surface area contributed by atoms with Gasteiger partial charge < -0.3 is 10.5 Å². The van der Waals surface area contributed by atoms with E-state index in [1.807, 2.05) is 0 Å². The van der Waals surface area contributed by atoms with E-state index < -0.39 is 0 Å². The smallest absolute Gasteiger partial charge is 0.0575 e. The fourth-order valence-electron chi connectivity index (χ4n) is 1.92. The highest BCUT2D eigenvalue weighted by atomic mass is 16.5. The molecule has 1 saturated heterocycles. The Morgan fingerprint density at radius 1 is 1.50 bits per heavy atom. The summed E-state index contributed by atoms with van der Waals surface area (Å²) in [6, 6.07) is 0.392. The molecule has 0 bridgehead atoms. The summed E-state index contributed by atoms with van der Waals surface area (Å²) in [4.78, 5) is 0. The first kappa shape index (κ1) is 10.0. The number of rotatable bonds is 3. The molecule has 3 atom stereocenters. The van der Waals surface area contributed by atoms with Crippen LogP contribution >= 0.6 is 0 Å². The van der Waals surface area contributed by atoms with Crippen molar-refractivity contribution in [3.63, 3.8) is 0 Å². The van der Waals surface area contributed by atoms with E-state index in [9.17, 15) is 0 Å². The fraction of sp³-hybridized carbons (Fsp3) is 1.00. The number of ether oxygens (including phenoxy) is 1. The van der Waals surface area contributed by atoms with Gasteiger partial charge in [-0.15, -0.1) is 0 Å². The average Bonchev–Trinajstić information content (AvgIpc) is 2.17. The third-order valence-corrected chi connectivity index (χ3v) is 2.94. The molecule has 0 aromatic carbocycles. The summed E-state index contributed by atoms with van der Waals surface area (Å²) < 4.78 is 5.60. The van der Waals surface area contributed by atoms with Crippen molar-refractivity contribution in [2.75, 3.05) is 6.61 Å². The van der Waals surface area contributed by atoms with E-state index in [-0.39, 0.29) is 0 Å². The minimum Gasteiger partial charge on any atom is -0.378 e. The summed E-state index contributed by atoms with van der Waals surface area (Å²) in [6.07, 6.45) is 5.03. The molecule has 0 amide bonds. The summed E-state index contributed by atoms with van der Waals surface area (Å²) >= 11 is 0. The SMILES string of the molecule is CCC1CC(C(N)CC)CCO1. The molecule has 2 heteroatoms. The molecule has 0 aromatic heterocycles. The molecule has 0 radical (unpaired) electrons. The molecule has 12 heavy (non-hydrogen) atoms. The second-order valence-corrected chi connectivity index (χ2v) is 3.76. The van der Waals surface area contributed by atoms with Crippen LogP contribution in [-0.2, 0) is 4.74 Å². The van der Waals surface area contributed by atoms with Crippen LogP contribution in [0.1, 0.15) is 39.5 Å². The van der Waals surface area contributed by atoms with Crippen LogP contribution in [0.15, 0.2) is 0 Å². The molecule has 0 spiro atoms. The predicted octanol–water partition coefficient (Wildman–Crippen LogP) is 1.93. The molecule has 3 unspecified atom stereocenters. The second-order valence-electron chi connectivity index (χ2n) is 3.76. The highest BCUT2D eigenvalue weighted by molar-refractivity contribution is 4.78. The van der Waals surface area contributed by atoms with Crippen LogP contribution in [0.3, 0.4) is 0 Å². The van der Waals surface area contributed by atoms with Gasteiger partial charge in [-0.2, -0.15) is 0 Å². The van der Waals surface area contributed by atoms with Crippen molar-refractivity contribution < 1.29 is 4.74 Å². The van der Waals surface area contributed by atoms with Crippen molar-refractivity contribution in [2.24, 2.45) is 11.7 Å². The van der Waals surface area contributed by atoms with E-state index in [1.165, 1.54) is 6.42 Å². The van der Waals surface area contributed by atoms with E-state index in [4.69, 9.17) is 10.5 Å². The van der Waals surface area contributed by atoms with Crippen molar-refractivity contribution in [2.45, 2.75) is 51.7 Å². The Bertz CT molecular complexity index is 125. The molecule has 2 nitrogen and oxygen atoms in total. The summed E-state index contributed by atoms with van der Waals surface area (Å²) in [6.45, 7) is 5.27. The van der Waals surface area contributed by atoms with Gasteiger partial charge >= 0.3 is 0 Å². The fourth-order valence-corrected chi connectivity index (χ4v) is 1.92. The Labute approximate surface area is 75.5 Å². The van der Waals surface area contributed by atoms with Gasteiger partial charge in [-0.3, -0.25) is 0 Å². The first-order valence-electron chi connectivity index (χ1n) is 5.15. The molecule has 1 aliphatic rings. The lowest BCUT2D eigenvalue weighted by Crippen LogP contribution is -2.37. The van der Waals surface area contributed by atoms with E-state index in [0.717, 1.165) is 25.9 Å². The number of nitrogens with two attached hydrogens (primary N) is 1. The van der Waals surface area contributed by atoms with Gasteiger partial charge in [-0.1, -0.05) is 13.8 Å². The van der Waals surface area contributed by atoms with Crippen LogP contribution < -0.4 is 5.73 Å². The van der Waals surface area contributed by atoms with Crippen molar-refractivity contribution in [1.82, 2.24) is 0 Å². The second kappa shape index (κ2) is 4.83. The molecule has 1 heterocycles. The van der Waals surface area contributed by atoms with Crippen LogP contribution in [0.2, 0.25) is 0 Å². The third-order valence-electron chi connectivity index (χ3n) is 2.94. The maximum absolute atomic E-state index is 6.01. The average molecular weight is 171 g/mol. The van der Waals surface area contributed by atoms with Crippen molar-refractivity contribution in [3.05, 3.63) is 0 Å². The molecular weight excluding hydrogens is 150 g/mol. The van der Waals surface area contributed by atoms with Crippen LogP contribution in [-0.4, -0.2) is 18.8 Å². The largest absolute Gasteiger partial charge is 0.378 e. The highest BCUT2D eigenvalue weighted by Crippen LogP contribution is 2.24. The molecule has 72 valence electrons. The number of hydrogen-bond donors (Lipinski definition) is 1. The van der Waals surface area contributed by atoms with Gasteiger partial charge in [0.15, 0.2) is 0 Å². The Balaban J connectivity index is 2.34. The van der Waals surface area contributed by atoms with Gasteiger partial charge in [0, 0.05) is 12.6 Å². The Morgan fingerprint density at radius 3 is 2.83 bits per heavy atom. The quantitative estimate of drug-likeness (QED) is 0.704. The van der Waals surface area contributed by atoms with Crippen molar-refractivity contribution in [3.8, 4) is 0 Å². The maximum atomic E-state index is 6.01. The lowest BCUT2D eigenvalue weighted by molar-refractivity contribution is -0.0159. The lowest BCUT2D eigenvalue weighted by atomic mass is 9.87. The van der Waals surface area contributed by atoms with Gasteiger partial charge in [0.2, 0.25) is 0 Å². The molecule has 2 N–H and O–H groups in total. The van der Waals surface area contributed by atoms with E-state index in [2.05, 4.69) is 13.8 Å². The van der Waals surface area contributed by atoms with E-state index in [0.29, 0.717) is 18.1 Å². The first-order chi connectivity index (χ1) is 5.77. The molecule has 0 aromatic rings. The van der Waals surface area contributed by atoms with Gasteiger partial charge in [0.25, 0.3) is 0 Å². The predicted molar refractivity (Wildman–Crippen MR) is 51.0 cm³/mol. The van der Waals surface area contributed by atoms with Gasteiger partial charge in [-0.25, -0.2) is 0 Å². The van der Waals surface area contributed by atoms with Crippen LogP contribution in [0.25, 0.3) is 0 Å². The first-order valence-corrected chi connectivity index (χ1v) is 5.15. The van der Waals surface area contributed by atoms with Crippen molar-refractivity contribution in [1.29, 1.82) is 0 Å². The molecule has 0 aliphatic carbocycles. The zero-order valence-electron chi connectivity index (χ0n) is 8.25. The van der Waals surface area contributed by atoms with Gasteiger partial charge in [0.05, 0.1) is 6.10 Å². The molecule has 0 saturated carbocycles. The summed E-state index contributed by atoms with van der Waals surface area (Å²) in [5, 5.41) is 0. The molecule has 1 fully saturated rings. The maximum Gasteiger partial charge on any atom is 0.0575 e. The highest BCUT2D eigenvalue weighted by Gasteiger charge is 2.24. The summed E-state index contributed by atoms with van der Waals surface area (Å²) in [7, 11) is 0. The van der Waals surface area contributed by atoms with Gasteiger partial charge in [0.1, 0.15) is 0 Å². The normalized spacial score (nSPS) is 33.2.